The lowest BCUT2D eigenvalue weighted by molar-refractivity contribution is 0.112. The van der Waals surface area contributed by atoms with E-state index in [2.05, 4.69) is 11.0 Å². The molecule has 0 aromatic carbocycles. The van der Waals surface area contributed by atoms with Crippen molar-refractivity contribution in [2.75, 3.05) is 12.0 Å². The van der Waals surface area contributed by atoms with Gasteiger partial charge in [0.2, 0.25) is 0 Å². The first-order valence-corrected chi connectivity index (χ1v) is 6.09. The third-order valence-electron chi connectivity index (χ3n) is 1.54. The van der Waals surface area contributed by atoms with Crippen LogP contribution in [-0.2, 0) is 16.1 Å². The summed E-state index contributed by atoms with van der Waals surface area (Å²) in [4.78, 5) is 10.3. The van der Waals surface area contributed by atoms with Gasteiger partial charge in [-0.1, -0.05) is 0 Å². The van der Waals surface area contributed by atoms with Crippen LogP contribution in [0.1, 0.15) is 10.4 Å². The second-order valence-corrected chi connectivity index (χ2v) is 5.82. The molecule has 72 valence electrons. The van der Waals surface area contributed by atoms with Crippen molar-refractivity contribution >= 4 is 21.7 Å². The maximum atomic E-state index is 11.2. The van der Waals surface area contributed by atoms with E-state index in [9.17, 15) is 9.00 Å². The molecule has 1 aromatic heterocycles. The van der Waals surface area contributed by atoms with Crippen molar-refractivity contribution in [1.82, 2.24) is 9.78 Å². The number of aromatic nitrogens is 2. The number of hydrogen-bond donors (Lipinski definition) is 0. The highest BCUT2D eigenvalue weighted by Gasteiger charge is 1.99. The molecule has 1 heterocycles. The van der Waals surface area contributed by atoms with E-state index < -0.39 is 9.52 Å². The van der Waals surface area contributed by atoms with Crippen LogP contribution < -0.4 is 0 Å². The maximum Gasteiger partial charge on any atom is 0.153 e. The highest BCUT2D eigenvalue weighted by molar-refractivity contribution is 7.99. The topological polar surface area (TPSA) is 52.0 Å². The summed E-state index contributed by atoms with van der Waals surface area (Å²) >= 11 is 0. The monoisotopic (exact) mass is 200 g/mol. The molecule has 0 saturated carbocycles. The van der Waals surface area contributed by atoms with Crippen LogP contribution in [0.25, 0.3) is 0 Å². The second kappa shape index (κ2) is 3.74. The first-order chi connectivity index (χ1) is 6.01. The number of nitrogens with zero attached hydrogens (tertiary/aromatic N) is 2. The fourth-order valence-corrected chi connectivity index (χ4v) is 1.42. The highest BCUT2D eigenvalue weighted by atomic mass is 32.2. The minimum absolute atomic E-state index is 0.479. The van der Waals surface area contributed by atoms with E-state index in [1.165, 1.54) is 6.20 Å². The summed E-state index contributed by atoms with van der Waals surface area (Å²) in [5, 5.41) is 3.92. The summed E-state index contributed by atoms with van der Waals surface area (Å²) < 4.78 is 12.8. The standard InChI is InChI=1S/C8H12N2O2S/c1-13(2,12)4-3-10-6-8(7-11)5-9-10/h5-7H,1,3-4H2,2H3. The molecule has 0 aliphatic rings. The Kier molecular flexibility index (Phi) is 2.87. The van der Waals surface area contributed by atoms with E-state index in [4.69, 9.17) is 0 Å². The fourth-order valence-electron chi connectivity index (χ4n) is 0.849. The Hall–Kier alpha value is -1.10. The van der Waals surface area contributed by atoms with Gasteiger partial charge in [0.1, 0.15) is 0 Å². The normalized spacial score (nSPS) is 15.2. The quantitative estimate of drug-likeness (QED) is 0.509. The van der Waals surface area contributed by atoms with Crippen LogP contribution in [0.5, 0.6) is 0 Å². The maximum absolute atomic E-state index is 11.2. The van der Waals surface area contributed by atoms with E-state index in [1.54, 1.807) is 17.1 Å². The number of carbonyl (C=O) groups excluding carboxylic acids is 1. The van der Waals surface area contributed by atoms with Gasteiger partial charge in [-0.25, -0.2) is 0 Å². The SMILES string of the molecule is C=S(C)(=O)CCn1cc(C=O)cn1. The largest absolute Gasteiger partial charge is 0.298 e. The Morgan fingerprint density at radius 2 is 2.46 bits per heavy atom. The van der Waals surface area contributed by atoms with Crippen molar-refractivity contribution in [2.45, 2.75) is 6.54 Å². The van der Waals surface area contributed by atoms with Crippen molar-refractivity contribution < 1.29 is 9.00 Å². The van der Waals surface area contributed by atoms with Crippen LogP contribution in [0.2, 0.25) is 0 Å². The Morgan fingerprint density at radius 3 is 2.92 bits per heavy atom. The summed E-state index contributed by atoms with van der Waals surface area (Å²) in [6.07, 6.45) is 5.44. The molecule has 0 spiro atoms. The van der Waals surface area contributed by atoms with E-state index in [0.717, 1.165) is 6.29 Å². The fraction of sp³-hybridized carbons (Fsp3) is 0.375. The van der Waals surface area contributed by atoms with Gasteiger partial charge in [-0.05, 0) is 15.4 Å². The van der Waals surface area contributed by atoms with Gasteiger partial charge in [-0.2, -0.15) is 5.10 Å². The Bertz CT molecular complexity index is 392. The number of rotatable bonds is 4. The van der Waals surface area contributed by atoms with Crippen molar-refractivity contribution in [2.24, 2.45) is 0 Å². The van der Waals surface area contributed by atoms with Gasteiger partial charge in [-0.15, -0.1) is 0 Å². The van der Waals surface area contributed by atoms with E-state index >= 15 is 0 Å². The Morgan fingerprint density at radius 1 is 1.77 bits per heavy atom. The number of aryl methyl sites for hydroxylation is 1. The first-order valence-electron chi connectivity index (χ1n) is 3.79. The Balaban J connectivity index is 2.60. The van der Waals surface area contributed by atoms with Gasteiger partial charge in [0.15, 0.2) is 6.29 Å². The summed E-state index contributed by atoms with van der Waals surface area (Å²) in [6.45, 7) is 0.534. The van der Waals surface area contributed by atoms with Crippen molar-refractivity contribution in [1.29, 1.82) is 0 Å². The minimum atomic E-state index is -1.97. The summed E-state index contributed by atoms with van der Waals surface area (Å²) in [5.74, 6) is 4.01. The first kappa shape index (κ1) is 9.98. The van der Waals surface area contributed by atoms with Crippen molar-refractivity contribution in [3.63, 3.8) is 0 Å². The van der Waals surface area contributed by atoms with Crippen LogP contribution in [0.15, 0.2) is 12.4 Å². The number of hydrogen-bond acceptors (Lipinski definition) is 3. The number of aldehydes is 1. The molecule has 13 heavy (non-hydrogen) atoms. The molecule has 1 unspecified atom stereocenters. The van der Waals surface area contributed by atoms with Gasteiger partial charge in [0.05, 0.1) is 18.3 Å². The molecule has 1 rings (SSSR count). The van der Waals surface area contributed by atoms with Gasteiger partial charge < -0.3 is 0 Å². The Labute approximate surface area is 77.6 Å². The zero-order valence-electron chi connectivity index (χ0n) is 7.47. The smallest absolute Gasteiger partial charge is 0.153 e. The lowest BCUT2D eigenvalue weighted by Crippen LogP contribution is -2.11. The van der Waals surface area contributed by atoms with E-state index in [1.807, 2.05) is 0 Å². The molecule has 0 radical (unpaired) electrons. The van der Waals surface area contributed by atoms with Crippen molar-refractivity contribution in [3.8, 4) is 0 Å². The molecule has 0 N–H and O–H groups in total. The molecule has 0 amide bonds. The third-order valence-corrected chi connectivity index (χ3v) is 2.59. The van der Waals surface area contributed by atoms with Crippen molar-refractivity contribution in [3.05, 3.63) is 18.0 Å². The molecule has 0 bridgehead atoms. The van der Waals surface area contributed by atoms with Crippen LogP contribution >= 0.6 is 0 Å². The lowest BCUT2D eigenvalue weighted by Gasteiger charge is -2.01. The molecule has 0 fully saturated rings. The predicted molar refractivity (Wildman–Crippen MR) is 53.7 cm³/mol. The molecule has 0 saturated heterocycles. The van der Waals surface area contributed by atoms with Gasteiger partial charge in [-0.3, -0.25) is 13.7 Å². The van der Waals surface area contributed by atoms with Crippen LogP contribution in [-0.4, -0.2) is 38.2 Å². The van der Waals surface area contributed by atoms with E-state index in [0.29, 0.717) is 17.9 Å². The molecule has 5 heteroatoms. The average molecular weight is 200 g/mol. The molecule has 0 aliphatic heterocycles. The summed E-state index contributed by atoms with van der Waals surface area (Å²) in [5.41, 5.74) is 0.534. The zero-order chi connectivity index (χ0) is 9.90. The minimum Gasteiger partial charge on any atom is -0.298 e. The van der Waals surface area contributed by atoms with Gasteiger partial charge in [0, 0.05) is 18.2 Å². The number of carbonyl (C=O) groups is 1. The summed E-state index contributed by atoms with van der Waals surface area (Å²) in [6, 6.07) is 0. The molecular weight excluding hydrogens is 188 g/mol. The highest BCUT2D eigenvalue weighted by Crippen LogP contribution is 1.94. The molecule has 4 nitrogen and oxygen atoms in total. The average Bonchev–Trinajstić information content (AvgIpc) is 2.47. The predicted octanol–water partition coefficient (Wildman–Crippen LogP) is 0.0418. The van der Waals surface area contributed by atoms with Gasteiger partial charge >= 0.3 is 0 Å². The van der Waals surface area contributed by atoms with E-state index in [-0.39, 0.29) is 0 Å². The lowest BCUT2D eigenvalue weighted by atomic mass is 10.4. The molecule has 1 atom stereocenters. The van der Waals surface area contributed by atoms with Crippen LogP contribution in [0.4, 0.5) is 0 Å². The summed E-state index contributed by atoms with van der Waals surface area (Å²) in [7, 11) is -1.97. The molecule has 0 aliphatic carbocycles. The van der Waals surface area contributed by atoms with Gasteiger partial charge in [0.25, 0.3) is 0 Å². The van der Waals surface area contributed by atoms with Crippen LogP contribution in [0, 0.1) is 0 Å². The second-order valence-electron chi connectivity index (χ2n) is 3.04. The zero-order valence-corrected chi connectivity index (χ0v) is 8.29. The van der Waals surface area contributed by atoms with Crippen LogP contribution in [0.3, 0.4) is 0 Å². The molecular formula is C8H12N2O2S. The third kappa shape index (κ3) is 3.42. The molecule has 1 aromatic rings.